The second-order valence-electron chi connectivity index (χ2n) is 4.92. The van der Waals surface area contributed by atoms with E-state index in [-0.39, 0.29) is 18.1 Å². The molecule has 1 saturated heterocycles. The van der Waals surface area contributed by atoms with Gasteiger partial charge in [0.15, 0.2) is 0 Å². The lowest BCUT2D eigenvalue weighted by Crippen LogP contribution is -2.52. The summed E-state index contributed by atoms with van der Waals surface area (Å²) >= 11 is 0. The fraction of sp³-hybridized carbons (Fsp3) is 0.917. The fourth-order valence-corrected chi connectivity index (χ4v) is 2.71. The molecule has 1 amide bonds. The van der Waals surface area contributed by atoms with Crippen LogP contribution in [0.1, 0.15) is 39.5 Å². The van der Waals surface area contributed by atoms with Crippen LogP contribution in [0.2, 0.25) is 0 Å². The highest BCUT2D eigenvalue weighted by molar-refractivity contribution is 5.84. The molecule has 0 aromatic carbocycles. The molecule has 0 bridgehead atoms. The molecule has 0 aromatic heterocycles. The summed E-state index contributed by atoms with van der Waals surface area (Å²) in [5.74, 6) is 0.262. The summed E-state index contributed by atoms with van der Waals surface area (Å²) in [5, 5.41) is 3.37. The third kappa shape index (κ3) is 1.96. The predicted molar refractivity (Wildman–Crippen MR) is 62.0 cm³/mol. The summed E-state index contributed by atoms with van der Waals surface area (Å²) in [6, 6.07) is 0.379. The van der Waals surface area contributed by atoms with E-state index in [0.29, 0.717) is 12.1 Å². The lowest BCUT2D eigenvalue weighted by molar-refractivity contribution is -0.137. The highest BCUT2D eigenvalue weighted by Gasteiger charge is 2.44. The van der Waals surface area contributed by atoms with Crippen LogP contribution in [0.4, 0.5) is 0 Å². The molecule has 1 saturated carbocycles. The van der Waals surface area contributed by atoms with Crippen molar-refractivity contribution >= 4 is 5.91 Å². The van der Waals surface area contributed by atoms with Gasteiger partial charge in [-0.1, -0.05) is 13.3 Å². The van der Waals surface area contributed by atoms with E-state index in [9.17, 15) is 4.79 Å². The standard InChI is InChI=1S/C12H22N2O2/c1-4-5-11-13-8(2)12(15)14(11)9-6-10(7-9)16-3/h8-11,13H,4-7H2,1-3H3. The first-order valence-electron chi connectivity index (χ1n) is 6.28. The summed E-state index contributed by atoms with van der Waals surface area (Å²) in [6.07, 6.45) is 4.75. The normalized spacial score (nSPS) is 38.9. The van der Waals surface area contributed by atoms with Crippen molar-refractivity contribution in [3.63, 3.8) is 0 Å². The van der Waals surface area contributed by atoms with E-state index < -0.39 is 0 Å². The first-order valence-corrected chi connectivity index (χ1v) is 6.28. The molecule has 0 radical (unpaired) electrons. The van der Waals surface area contributed by atoms with Gasteiger partial charge < -0.3 is 9.64 Å². The minimum absolute atomic E-state index is 0.0156. The number of ether oxygens (including phenoxy) is 1. The van der Waals surface area contributed by atoms with E-state index in [1.54, 1.807) is 7.11 Å². The lowest BCUT2D eigenvalue weighted by Gasteiger charge is -2.42. The molecule has 1 aliphatic heterocycles. The number of methoxy groups -OCH3 is 1. The van der Waals surface area contributed by atoms with Crippen LogP contribution in [-0.2, 0) is 9.53 Å². The van der Waals surface area contributed by atoms with Gasteiger partial charge in [0.05, 0.1) is 18.3 Å². The first-order chi connectivity index (χ1) is 7.67. The van der Waals surface area contributed by atoms with Crippen LogP contribution in [0.15, 0.2) is 0 Å². The number of rotatable bonds is 4. The second kappa shape index (κ2) is 4.72. The zero-order valence-corrected chi connectivity index (χ0v) is 10.4. The van der Waals surface area contributed by atoms with Crippen LogP contribution < -0.4 is 5.32 Å². The summed E-state index contributed by atoms with van der Waals surface area (Å²) < 4.78 is 5.27. The summed E-state index contributed by atoms with van der Waals surface area (Å²) in [4.78, 5) is 14.1. The van der Waals surface area contributed by atoms with E-state index in [4.69, 9.17) is 4.74 Å². The number of nitrogens with one attached hydrogen (secondary N) is 1. The van der Waals surface area contributed by atoms with Crippen molar-refractivity contribution in [1.82, 2.24) is 10.2 Å². The largest absolute Gasteiger partial charge is 0.381 e. The molecule has 2 aliphatic rings. The van der Waals surface area contributed by atoms with E-state index >= 15 is 0 Å². The number of carbonyl (C=O) groups is 1. The molecular formula is C12H22N2O2. The maximum Gasteiger partial charge on any atom is 0.240 e. The minimum atomic E-state index is -0.0156. The number of hydrogen-bond acceptors (Lipinski definition) is 3. The molecule has 2 fully saturated rings. The van der Waals surface area contributed by atoms with Crippen LogP contribution in [-0.4, -0.2) is 42.3 Å². The van der Waals surface area contributed by atoms with Gasteiger partial charge in [-0.15, -0.1) is 0 Å². The van der Waals surface area contributed by atoms with Crippen molar-refractivity contribution in [1.29, 1.82) is 0 Å². The van der Waals surface area contributed by atoms with Gasteiger partial charge >= 0.3 is 0 Å². The maximum atomic E-state index is 12.0. The zero-order chi connectivity index (χ0) is 11.7. The molecule has 2 atom stereocenters. The van der Waals surface area contributed by atoms with E-state index in [2.05, 4.69) is 17.1 Å². The molecular weight excluding hydrogens is 204 g/mol. The van der Waals surface area contributed by atoms with Crippen molar-refractivity contribution in [2.45, 2.75) is 63.9 Å². The second-order valence-corrected chi connectivity index (χ2v) is 4.92. The van der Waals surface area contributed by atoms with Gasteiger partial charge in [0.25, 0.3) is 0 Å². The van der Waals surface area contributed by atoms with Crippen LogP contribution >= 0.6 is 0 Å². The first kappa shape index (κ1) is 11.9. The molecule has 0 spiro atoms. The molecule has 4 heteroatoms. The molecule has 4 nitrogen and oxygen atoms in total. The highest BCUT2D eigenvalue weighted by Crippen LogP contribution is 2.32. The fourth-order valence-electron chi connectivity index (χ4n) is 2.71. The maximum absolute atomic E-state index is 12.0. The Kier molecular flexibility index (Phi) is 3.50. The smallest absolute Gasteiger partial charge is 0.240 e. The van der Waals surface area contributed by atoms with Crippen molar-refractivity contribution in [3.05, 3.63) is 0 Å². The van der Waals surface area contributed by atoms with Crippen LogP contribution in [0.3, 0.4) is 0 Å². The van der Waals surface area contributed by atoms with Gasteiger partial charge in [-0.05, 0) is 26.2 Å². The Morgan fingerprint density at radius 1 is 1.50 bits per heavy atom. The topological polar surface area (TPSA) is 41.6 Å². The van der Waals surface area contributed by atoms with Gasteiger partial charge in [0, 0.05) is 13.2 Å². The number of hydrogen-bond donors (Lipinski definition) is 1. The SMILES string of the molecule is CCCC1NC(C)C(=O)N1C1CC(OC)C1. The van der Waals surface area contributed by atoms with Gasteiger partial charge in [-0.25, -0.2) is 0 Å². The van der Waals surface area contributed by atoms with Gasteiger partial charge in [0.2, 0.25) is 5.91 Å². The molecule has 1 N–H and O–H groups in total. The third-order valence-corrected chi connectivity index (χ3v) is 3.76. The lowest BCUT2D eigenvalue weighted by atomic mass is 9.87. The highest BCUT2D eigenvalue weighted by atomic mass is 16.5. The predicted octanol–water partition coefficient (Wildman–Crippen LogP) is 1.11. The van der Waals surface area contributed by atoms with Gasteiger partial charge in [-0.2, -0.15) is 0 Å². The average molecular weight is 226 g/mol. The summed E-state index contributed by atoms with van der Waals surface area (Å²) in [7, 11) is 1.75. The van der Waals surface area contributed by atoms with Crippen LogP contribution in [0.5, 0.6) is 0 Å². The van der Waals surface area contributed by atoms with Crippen molar-refractivity contribution in [2.24, 2.45) is 0 Å². The molecule has 1 heterocycles. The average Bonchev–Trinajstić information content (AvgIpc) is 2.45. The van der Waals surface area contributed by atoms with E-state index in [0.717, 1.165) is 25.7 Å². The molecule has 92 valence electrons. The van der Waals surface area contributed by atoms with Crippen LogP contribution in [0.25, 0.3) is 0 Å². The van der Waals surface area contributed by atoms with Crippen molar-refractivity contribution in [2.75, 3.05) is 7.11 Å². The quantitative estimate of drug-likeness (QED) is 0.781. The third-order valence-electron chi connectivity index (χ3n) is 3.76. The van der Waals surface area contributed by atoms with E-state index in [1.807, 2.05) is 6.92 Å². The molecule has 2 rings (SSSR count). The van der Waals surface area contributed by atoms with E-state index in [1.165, 1.54) is 0 Å². The Morgan fingerprint density at radius 2 is 2.19 bits per heavy atom. The van der Waals surface area contributed by atoms with Crippen molar-refractivity contribution < 1.29 is 9.53 Å². The Morgan fingerprint density at radius 3 is 2.75 bits per heavy atom. The molecule has 0 aromatic rings. The molecule has 1 aliphatic carbocycles. The Balaban J connectivity index is 1.97. The zero-order valence-electron chi connectivity index (χ0n) is 10.4. The Bertz CT molecular complexity index is 264. The number of nitrogens with zero attached hydrogens (tertiary/aromatic N) is 1. The Hall–Kier alpha value is -0.610. The van der Waals surface area contributed by atoms with Gasteiger partial charge in [0.1, 0.15) is 0 Å². The Labute approximate surface area is 97.3 Å². The molecule has 16 heavy (non-hydrogen) atoms. The monoisotopic (exact) mass is 226 g/mol. The minimum Gasteiger partial charge on any atom is -0.381 e. The van der Waals surface area contributed by atoms with Crippen molar-refractivity contribution in [3.8, 4) is 0 Å². The molecule has 2 unspecified atom stereocenters. The van der Waals surface area contributed by atoms with Crippen LogP contribution in [0, 0.1) is 0 Å². The van der Waals surface area contributed by atoms with Gasteiger partial charge in [-0.3, -0.25) is 10.1 Å². The summed E-state index contributed by atoms with van der Waals surface area (Å²) in [6.45, 7) is 4.11. The number of amides is 1. The summed E-state index contributed by atoms with van der Waals surface area (Å²) in [5.41, 5.74) is 0. The number of carbonyl (C=O) groups excluding carboxylic acids is 1.